The van der Waals surface area contributed by atoms with Gasteiger partial charge in [-0.15, -0.1) is 0 Å². The molecule has 0 aromatic carbocycles. The van der Waals surface area contributed by atoms with Crippen molar-refractivity contribution >= 4 is 0 Å². The molecule has 2 aliphatic rings. The number of hydrogen-bond acceptors (Lipinski definition) is 2. The maximum absolute atomic E-state index is 9.31. The van der Waals surface area contributed by atoms with Gasteiger partial charge in [0, 0.05) is 12.3 Å². The van der Waals surface area contributed by atoms with E-state index in [2.05, 4.69) is 6.92 Å². The van der Waals surface area contributed by atoms with Gasteiger partial charge in [-0.25, -0.2) is 0 Å². The van der Waals surface area contributed by atoms with Gasteiger partial charge in [0.15, 0.2) is 0 Å². The Balaban J connectivity index is 2.02. The molecule has 1 saturated heterocycles. The quantitative estimate of drug-likeness (QED) is 0.523. The van der Waals surface area contributed by atoms with Gasteiger partial charge in [-0.1, -0.05) is 6.92 Å². The molecule has 2 fully saturated rings. The average molecular weight is 128 g/mol. The molecule has 1 saturated carbocycles. The Hall–Kier alpha value is -0.0800. The molecule has 0 aromatic rings. The number of epoxide rings is 1. The van der Waals surface area contributed by atoms with Crippen molar-refractivity contribution in [2.24, 2.45) is 5.92 Å². The third-order valence-electron chi connectivity index (χ3n) is 2.48. The smallest absolute Gasteiger partial charge is 0.0895 e. The van der Waals surface area contributed by atoms with Crippen LogP contribution in [0.4, 0.5) is 0 Å². The van der Waals surface area contributed by atoms with Gasteiger partial charge in [0.1, 0.15) is 0 Å². The fourth-order valence-corrected chi connectivity index (χ4v) is 1.86. The monoisotopic (exact) mass is 128 g/mol. The molecule has 1 aliphatic heterocycles. The van der Waals surface area contributed by atoms with Crippen molar-refractivity contribution < 1.29 is 9.84 Å². The van der Waals surface area contributed by atoms with Gasteiger partial charge in [0.25, 0.3) is 0 Å². The van der Waals surface area contributed by atoms with E-state index < -0.39 is 0 Å². The summed E-state index contributed by atoms with van der Waals surface area (Å²) < 4.78 is 5.27. The lowest BCUT2D eigenvalue weighted by molar-refractivity contribution is 0.0728. The first-order valence-corrected chi connectivity index (χ1v) is 3.66. The van der Waals surface area contributed by atoms with Crippen LogP contribution < -0.4 is 0 Å². The van der Waals surface area contributed by atoms with E-state index in [0.717, 1.165) is 12.8 Å². The Morgan fingerprint density at radius 1 is 1.67 bits per heavy atom. The highest BCUT2D eigenvalue weighted by Gasteiger charge is 2.53. The molecule has 0 aromatic heterocycles. The van der Waals surface area contributed by atoms with Gasteiger partial charge in [-0.05, 0) is 6.42 Å². The van der Waals surface area contributed by atoms with Gasteiger partial charge >= 0.3 is 0 Å². The summed E-state index contributed by atoms with van der Waals surface area (Å²) in [5.74, 6) is 0.440. The van der Waals surface area contributed by atoms with Crippen molar-refractivity contribution in [3.63, 3.8) is 0 Å². The summed E-state index contributed by atoms with van der Waals surface area (Å²) in [4.78, 5) is 0. The number of aliphatic hydroxyl groups is 1. The first-order valence-electron chi connectivity index (χ1n) is 3.66. The average Bonchev–Trinajstić information content (AvgIpc) is 2.45. The maximum atomic E-state index is 9.31. The summed E-state index contributed by atoms with van der Waals surface area (Å²) in [7, 11) is 0. The first-order chi connectivity index (χ1) is 4.33. The molecule has 52 valence electrons. The third kappa shape index (κ3) is 0.700. The molecule has 9 heavy (non-hydrogen) atoms. The zero-order valence-corrected chi connectivity index (χ0v) is 5.58. The summed E-state index contributed by atoms with van der Waals surface area (Å²) in [5, 5.41) is 9.31. The number of fused-ring (bicyclic) bond motifs is 1. The molecule has 4 atom stereocenters. The number of ether oxygens (including phenoxy) is 1. The summed E-state index contributed by atoms with van der Waals surface area (Å²) in [5.41, 5.74) is 0. The molecule has 0 radical (unpaired) electrons. The van der Waals surface area contributed by atoms with Crippen LogP contribution in [0.1, 0.15) is 19.8 Å². The molecule has 0 amide bonds. The Bertz CT molecular complexity index is 122. The molecule has 2 rings (SSSR count). The fourth-order valence-electron chi connectivity index (χ4n) is 1.86. The summed E-state index contributed by atoms with van der Waals surface area (Å²) >= 11 is 0. The van der Waals surface area contributed by atoms with E-state index in [4.69, 9.17) is 4.74 Å². The lowest BCUT2D eigenvalue weighted by Crippen LogP contribution is -2.18. The van der Waals surface area contributed by atoms with Crippen LogP contribution in [0, 0.1) is 5.92 Å². The van der Waals surface area contributed by atoms with Crippen LogP contribution in [-0.2, 0) is 4.74 Å². The molecule has 0 spiro atoms. The van der Waals surface area contributed by atoms with Crippen LogP contribution in [0.3, 0.4) is 0 Å². The third-order valence-corrected chi connectivity index (χ3v) is 2.48. The molecule has 2 nitrogen and oxygen atoms in total. The Morgan fingerprint density at radius 2 is 2.44 bits per heavy atom. The van der Waals surface area contributed by atoms with E-state index in [0.29, 0.717) is 18.1 Å². The van der Waals surface area contributed by atoms with Crippen molar-refractivity contribution in [3.05, 3.63) is 0 Å². The van der Waals surface area contributed by atoms with Crippen LogP contribution in [0.15, 0.2) is 0 Å². The highest BCUT2D eigenvalue weighted by molar-refractivity contribution is 5.01. The molecule has 0 unspecified atom stereocenters. The number of rotatable bonds is 1. The van der Waals surface area contributed by atoms with Crippen molar-refractivity contribution in [2.75, 3.05) is 0 Å². The van der Waals surface area contributed by atoms with Crippen LogP contribution in [0.25, 0.3) is 0 Å². The second-order valence-corrected chi connectivity index (χ2v) is 3.01. The van der Waals surface area contributed by atoms with Gasteiger partial charge in [0.05, 0.1) is 18.3 Å². The van der Waals surface area contributed by atoms with E-state index in [9.17, 15) is 5.11 Å². The van der Waals surface area contributed by atoms with E-state index in [1.165, 1.54) is 0 Å². The normalized spacial score (nSPS) is 55.3. The van der Waals surface area contributed by atoms with Crippen molar-refractivity contribution in [1.82, 2.24) is 0 Å². The topological polar surface area (TPSA) is 32.8 Å². The molecular formula is C7H12O2. The minimum absolute atomic E-state index is 0.0706. The fraction of sp³-hybridized carbons (Fsp3) is 1.00. The van der Waals surface area contributed by atoms with Gasteiger partial charge in [-0.3, -0.25) is 0 Å². The molecular weight excluding hydrogens is 116 g/mol. The van der Waals surface area contributed by atoms with E-state index in [1.807, 2.05) is 0 Å². The van der Waals surface area contributed by atoms with Crippen LogP contribution >= 0.6 is 0 Å². The van der Waals surface area contributed by atoms with Crippen LogP contribution in [-0.4, -0.2) is 23.4 Å². The highest BCUT2D eigenvalue weighted by atomic mass is 16.6. The minimum Gasteiger partial charge on any atom is -0.393 e. The van der Waals surface area contributed by atoms with Gasteiger partial charge in [0.2, 0.25) is 0 Å². The summed E-state index contributed by atoms with van der Waals surface area (Å²) in [6.45, 7) is 2.11. The molecule has 0 bridgehead atoms. The first kappa shape index (κ1) is 5.69. The molecule has 1 N–H and O–H groups in total. The Labute approximate surface area is 54.8 Å². The zero-order valence-electron chi connectivity index (χ0n) is 5.58. The Morgan fingerprint density at radius 3 is 2.78 bits per heavy atom. The van der Waals surface area contributed by atoms with E-state index in [-0.39, 0.29) is 6.10 Å². The molecule has 1 heterocycles. The minimum atomic E-state index is -0.0706. The second kappa shape index (κ2) is 1.70. The van der Waals surface area contributed by atoms with Gasteiger partial charge in [-0.2, -0.15) is 0 Å². The lowest BCUT2D eigenvalue weighted by atomic mass is 10.0. The van der Waals surface area contributed by atoms with E-state index in [1.54, 1.807) is 0 Å². The second-order valence-electron chi connectivity index (χ2n) is 3.01. The zero-order chi connectivity index (χ0) is 6.43. The van der Waals surface area contributed by atoms with Crippen molar-refractivity contribution in [2.45, 2.75) is 38.1 Å². The number of hydrogen-bond donors (Lipinski definition) is 1. The van der Waals surface area contributed by atoms with Crippen LogP contribution in [0.2, 0.25) is 0 Å². The van der Waals surface area contributed by atoms with E-state index >= 15 is 0 Å². The molecule has 2 heteroatoms. The van der Waals surface area contributed by atoms with Crippen molar-refractivity contribution in [1.29, 1.82) is 0 Å². The summed E-state index contributed by atoms with van der Waals surface area (Å²) in [6.07, 6.45) is 2.71. The molecule has 1 aliphatic carbocycles. The Kier molecular flexibility index (Phi) is 1.08. The van der Waals surface area contributed by atoms with Gasteiger partial charge < -0.3 is 9.84 Å². The summed E-state index contributed by atoms with van der Waals surface area (Å²) in [6, 6.07) is 0. The van der Waals surface area contributed by atoms with Crippen molar-refractivity contribution in [3.8, 4) is 0 Å². The predicted octanol–water partition coefficient (Wildman–Crippen LogP) is 0.545. The number of aliphatic hydroxyl groups excluding tert-OH is 1. The van der Waals surface area contributed by atoms with Crippen LogP contribution in [0.5, 0.6) is 0 Å². The predicted molar refractivity (Wildman–Crippen MR) is 33.1 cm³/mol. The maximum Gasteiger partial charge on any atom is 0.0895 e. The SMILES string of the molecule is CC[C@@H]1[C@H]2O[C@H]2C[C@H]1O. The highest BCUT2D eigenvalue weighted by Crippen LogP contribution is 2.44. The largest absolute Gasteiger partial charge is 0.393 e. The lowest BCUT2D eigenvalue weighted by Gasteiger charge is -2.12. The standard InChI is InChI=1S/C7H12O2/c1-2-4-5(8)3-6-7(4)9-6/h4-8H,2-3H2,1H3/t4-,5+,6-,7+/m0/s1.